The van der Waals surface area contributed by atoms with Crippen LogP contribution in [0.15, 0.2) is 30.3 Å². The summed E-state index contributed by atoms with van der Waals surface area (Å²) in [5, 5.41) is 0. The Kier molecular flexibility index (Phi) is 7.33. The van der Waals surface area contributed by atoms with Crippen molar-refractivity contribution in [2.45, 2.75) is 31.1 Å². The molecule has 1 fully saturated rings. The third-order valence-electron chi connectivity index (χ3n) is 7.17. The number of ether oxygens (including phenoxy) is 3. The highest BCUT2D eigenvalue weighted by Gasteiger charge is 2.47. The van der Waals surface area contributed by atoms with Crippen LogP contribution >= 0.6 is 0 Å². The Bertz CT molecular complexity index is 1120. The van der Waals surface area contributed by atoms with Gasteiger partial charge in [-0.25, -0.2) is 0 Å². The number of aromatic nitrogens is 1. The van der Waals surface area contributed by atoms with Crippen LogP contribution in [0.2, 0.25) is 0 Å². The van der Waals surface area contributed by atoms with E-state index in [1.54, 1.807) is 36.3 Å². The minimum absolute atomic E-state index is 0.159. The largest absolute Gasteiger partial charge is 0.493 e. The van der Waals surface area contributed by atoms with E-state index in [1.807, 2.05) is 7.05 Å². The molecule has 11 heteroatoms. The minimum Gasteiger partial charge on any atom is -0.493 e. The number of rotatable bonds is 7. The molecule has 0 N–H and O–H groups in total. The number of likely N-dealkylation sites (N-methyl/N-ethyl adjacent to an activating group) is 1. The summed E-state index contributed by atoms with van der Waals surface area (Å²) in [7, 11) is 5.02. The lowest BCUT2D eigenvalue weighted by molar-refractivity contribution is -0.0892. The van der Waals surface area contributed by atoms with E-state index in [1.165, 1.54) is 17.7 Å². The highest BCUT2D eigenvalue weighted by molar-refractivity contribution is 5.99. The average molecular weight is 510 g/mol. The molecule has 0 atom stereocenters. The van der Waals surface area contributed by atoms with Gasteiger partial charge in [-0.3, -0.25) is 14.5 Å². The third kappa shape index (κ3) is 4.69. The number of likely N-dealkylation sites (tertiary alicyclic amines) is 1. The van der Waals surface area contributed by atoms with E-state index >= 15 is 0 Å². The summed E-state index contributed by atoms with van der Waals surface area (Å²) < 4.78 is 56.8. The molecule has 0 saturated carbocycles. The molecule has 3 heterocycles. The van der Waals surface area contributed by atoms with Gasteiger partial charge in [-0.05, 0) is 50.2 Å². The van der Waals surface area contributed by atoms with Gasteiger partial charge in [0.15, 0.2) is 11.5 Å². The number of methoxy groups -OCH3 is 2. The third-order valence-corrected chi connectivity index (χ3v) is 7.17. The number of fused-ring (bicyclic) bond motifs is 2. The number of hydrogen-bond acceptors (Lipinski definition) is 6. The first-order valence-corrected chi connectivity index (χ1v) is 11.7. The molecule has 0 unspecified atom stereocenters. The molecule has 8 nitrogen and oxygen atoms in total. The molecule has 2 aliphatic heterocycles. The smallest absolute Gasteiger partial charge is 0.456 e. The number of benzene rings is 1. The summed E-state index contributed by atoms with van der Waals surface area (Å²) in [6, 6.07) is 7.91. The molecule has 196 valence electrons. The van der Waals surface area contributed by atoms with Crippen LogP contribution in [0.3, 0.4) is 0 Å². The maximum atomic E-state index is 13.3. The summed E-state index contributed by atoms with van der Waals surface area (Å²) in [6.07, 6.45) is -3.85. The van der Waals surface area contributed by atoms with Gasteiger partial charge in [0.2, 0.25) is 0 Å². The molecule has 1 saturated heterocycles. The highest BCUT2D eigenvalue weighted by atomic mass is 19.4. The van der Waals surface area contributed by atoms with Gasteiger partial charge >= 0.3 is 6.18 Å². The highest BCUT2D eigenvalue weighted by Crippen LogP contribution is 2.42. The van der Waals surface area contributed by atoms with Crippen LogP contribution in [0.25, 0.3) is 0 Å². The van der Waals surface area contributed by atoms with Crippen molar-refractivity contribution in [2.75, 3.05) is 54.1 Å². The normalized spacial score (nSPS) is 17.7. The van der Waals surface area contributed by atoms with E-state index in [2.05, 4.69) is 4.90 Å². The first-order valence-electron chi connectivity index (χ1n) is 11.7. The van der Waals surface area contributed by atoms with Crippen LogP contribution in [0.4, 0.5) is 13.2 Å². The second kappa shape index (κ2) is 10.1. The Morgan fingerprint density at radius 1 is 0.972 bits per heavy atom. The molecule has 0 bridgehead atoms. The molecule has 36 heavy (non-hydrogen) atoms. The first kappa shape index (κ1) is 26.0. The van der Waals surface area contributed by atoms with Gasteiger partial charge in [-0.15, -0.1) is 0 Å². The lowest BCUT2D eigenvalue weighted by Crippen LogP contribution is -2.56. The Hall–Kier alpha value is -3.05. The van der Waals surface area contributed by atoms with Crippen LogP contribution in [-0.2, 0) is 16.8 Å². The summed E-state index contributed by atoms with van der Waals surface area (Å²) in [5.74, 6) is -1.03. The molecule has 2 aromatic rings. The van der Waals surface area contributed by atoms with E-state index in [9.17, 15) is 22.8 Å². The number of halogens is 3. The molecule has 1 aromatic carbocycles. The van der Waals surface area contributed by atoms with Crippen LogP contribution in [-0.4, -0.2) is 86.3 Å². The fourth-order valence-electron chi connectivity index (χ4n) is 5.17. The van der Waals surface area contributed by atoms with E-state index in [4.69, 9.17) is 14.2 Å². The zero-order valence-corrected chi connectivity index (χ0v) is 20.6. The predicted molar refractivity (Wildman–Crippen MR) is 125 cm³/mol. The zero-order chi connectivity index (χ0) is 26.1. The lowest BCUT2D eigenvalue weighted by Gasteiger charge is -2.50. The van der Waals surface area contributed by atoms with E-state index in [0.29, 0.717) is 75.0 Å². The average Bonchev–Trinajstić information content (AvgIpc) is 3.30. The van der Waals surface area contributed by atoms with Crippen molar-refractivity contribution >= 4 is 11.7 Å². The summed E-state index contributed by atoms with van der Waals surface area (Å²) in [5.41, 5.74) is 0.273. The fraction of sp³-hybridized carbons (Fsp3) is 0.520. The summed E-state index contributed by atoms with van der Waals surface area (Å²) >= 11 is 0. The standard InChI is InChI=1S/C25H30F3N3O5/c1-29-12-13-31-18(22(32)25(26,27)28)5-7-21(31)24(29)8-10-30(11-9-24)23(33)17-4-6-19(20(16-17)35-3)36-15-14-34-2/h4-7,16H,8-15H2,1-3H3. The monoisotopic (exact) mass is 509 g/mol. The van der Waals surface area contributed by atoms with Gasteiger partial charge in [-0.1, -0.05) is 0 Å². The number of ketones is 1. The Labute approximate surface area is 207 Å². The van der Waals surface area contributed by atoms with Crippen molar-refractivity contribution in [1.82, 2.24) is 14.4 Å². The molecule has 4 rings (SSSR count). The number of piperidine rings is 1. The topological polar surface area (TPSA) is 73.2 Å². The Morgan fingerprint density at radius 2 is 1.69 bits per heavy atom. The van der Waals surface area contributed by atoms with Crippen LogP contribution in [0.1, 0.15) is 39.4 Å². The Morgan fingerprint density at radius 3 is 2.33 bits per heavy atom. The molecular formula is C25H30F3N3O5. The second-order valence-corrected chi connectivity index (χ2v) is 9.03. The quantitative estimate of drug-likeness (QED) is 0.421. The van der Waals surface area contributed by atoms with Crippen molar-refractivity contribution in [2.24, 2.45) is 0 Å². The van der Waals surface area contributed by atoms with Crippen molar-refractivity contribution in [3.05, 3.63) is 47.3 Å². The number of alkyl halides is 3. The van der Waals surface area contributed by atoms with Gasteiger partial charge in [0.05, 0.1) is 24.9 Å². The summed E-state index contributed by atoms with van der Waals surface area (Å²) in [4.78, 5) is 29.1. The number of carbonyl (C=O) groups excluding carboxylic acids is 2. The minimum atomic E-state index is -4.92. The molecule has 1 spiro atoms. The SMILES string of the molecule is COCCOc1ccc(C(=O)N2CCC3(CC2)c2ccc(C(=O)C(F)(F)F)n2CCN3C)cc1OC. The van der Waals surface area contributed by atoms with Crippen molar-refractivity contribution in [3.63, 3.8) is 0 Å². The van der Waals surface area contributed by atoms with Gasteiger partial charge in [0, 0.05) is 44.5 Å². The molecule has 1 aromatic heterocycles. The van der Waals surface area contributed by atoms with E-state index in [-0.39, 0.29) is 11.6 Å². The zero-order valence-electron chi connectivity index (χ0n) is 20.6. The molecule has 1 amide bonds. The van der Waals surface area contributed by atoms with Gasteiger partial charge in [0.1, 0.15) is 6.61 Å². The number of amides is 1. The molecule has 0 aliphatic carbocycles. The number of nitrogens with zero attached hydrogens (tertiary/aromatic N) is 3. The predicted octanol–water partition coefficient (Wildman–Crippen LogP) is 3.34. The Balaban J connectivity index is 1.51. The number of Topliss-reactive ketones (excluding diaryl/α,β-unsaturated/α-hetero) is 1. The van der Waals surface area contributed by atoms with Crippen molar-refractivity contribution in [3.8, 4) is 11.5 Å². The second-order valence-electron chi connectivity index (χ2n) is 9.03. The van der Waals surface area contributed by atoms with Gasteiger partial charge in [0.25, 0.3) is 11.7 Å². The van der Waals surface area contributed by atoms with Crippen molar-refractivity contribution in [1.29, 1.82) is 0 Å². The lowest BCUT2D eigenvalue weighted by atomic mass is 9.81. The number of hydrogen-bond donors (Lipinski definition) is 0. The van der Waals surface area contributed by atoms with Crippen molar-refractivity contribution < 1.29 is 37.0 Å². The fourth-order valence-corrected chi connectivity index (χ4v) is 5.17. The van der Waals surface area contributed by atoms with Gasteiger partial charge in [-0.2, -0.15) is 13.2 Å². The van der Waals surface area contributed by atoms with E-state index in [0.717, 1.165) is 0 Å². The van der Waals surface area contributed by atoms with E-state index < -0.39 is 17.5 Å². The first-order chi connectivity index (χ1) is 17.1. The summed E-state index contributed by atoms with van der Waals surface area (Å²) in [6.45, 7) is 2.42. The van der Waals surface area contributed by atoms with Gasteiger partial charge < -0.3 is 23.7 Å². The van der Waals surface area contributed by atoms with Crippen LogP contribution in [0.5, 0.6) is 11.5 Å². The number of carbonyl (C=O) groups is 2. The maximum Gasteiger partial charge on any atom is 0.456 e. The van der Waals surface area contributed by atoms with Crippen LogP contribution in [0, 0.1) is 0 Å². The molecule has 2 aliphatic rings. The maximum absolute atomic E-state index is 13.3. The molecular weight excluding hydrogens is 479 g/mol. The molecule has 0 radical (unpaired) electrons. The van der Waals surface area contributed by atoms with Crippen LogP contribution < -0.4 is 9.47 Å².